The molecule has 2 aromatic heterocycles. The Morgan fingerprint density at radius 2 is 2.24 bits per heavy atom. The normalized spacial score (nSPS) is 17.9. The van der Waals surface area contributed by atoms with E-state index in [0.717, 1.165) is 37.7 Å². The van der Waals surface area contributed by atoms with Gasteiger partial charge in [0.15, 0.2) is 5.82 Å². The third-order valence-electron chi connectivity index (χ3n) is 4.24. The summed E-state index contributed by atoms with van der Waals surface area (Å²) in [6.07, 6.45) is 6.45. The summed E-state index contributed by atoms with van der Waals surface area (Å²) in [5.74, 6) is 1.04. The number of nitrogens with zero attached hydrogens (tertiary/aromatic N) is 5. The van der Waals surface area contributed by atoms with Crippen molar-refractivity contribution >= 4 is 5.69 Å². The predicted molar refractivity (Wildman–Crippen MR) is 79.9 cm³/mol. The molecular weight excluding hydrogens is 264 g/mol. The fraction of sp³-hybridized carbons (Fsp3) is 0.533. The van der Waals surface area contributed by atoms with Crippen LogP contribution in [0.4, 0.5) is 5.69 Å². The smallest absolute Gasteiger partial charge is 0.152 e. The average molecular weight is 284 g/mol. The van der Waals surface area contributed by atoms with Crippen molar-refractivity contribution in [2.75, 3.05) is 11.4 Å². The van der Waals surface area contributed by atoms with E-state index in [-0.39, 0.29) is 0 Å². The first-order valence-electron chi connectivity index (χ1n) is 7.60. The fourth-order valence-electron chi connectivity index (χ4n) is 2.82. The van der Waals surface area contributed by atoms with Gasteiger partial charge in [-0.3, -0.25) is 4.98 Å². The molecule has 0 spiro atoms. The summed E-state index contributed by atoms with van der Waals surface area (Å²) < 4.78 is 2.13. The summed E-state index contributed by atoms with van der Waals surface area (Å²) in [5.41, 5.74) is 3.62. The van der Waals surface area contributed by atoms with Crippen molar-refractivity contribution in [3.63, 3.8) is 0 Å². The maximum atomic E-state index is 4.47. The van der Waals surface area contributed by atoms with Gasteiger partial charge in [0.2, 0.25) is 0 Å². The minimum absolute atomic E-state index is 0.712. The Labute approximate surface area is 124 Å². The Morgan fingerprint density at radius 1 is 1.33 bits per heavy atom. The lowest BCUT2D eigenvalue weighted by atomic mass is 10.1. The first-order valence-corrected chi connectivity index (χ1v) is 7.60. The highest BCUT2D eigenvalue weighted by atomic mass is 15.3. The number of aryl methyl sites for hydroxylation is 1. The van der Waals surface area contributed by atoms with E-state index in [4.69, 9.17) is 0 Å². The number of anilines is 1. The molecule has 21 heavy (non-hydrogen) atoms. The van der Waals surface area contributed by atoms with Gasteiger partial charge in [-0.25, -0.2) is 0 Å². The molecular formula is C15H20N6. The van der Waals surface area contributed by atoms with Crippen molar-refractivity contribution in [2.45, 2.75) is 45.4 Å². The second-order valence-electron chi connectivity index (χ2n) is 5.97. The molecule has 1 fully saturated rings. The van der Waals surface area contributed by atoms with Crippen LogP contribution >= 0.6 is 0 Å². The zero-order chi connectivity index (χ0) is 14.2. The van der Waals surface area contributed by atoms with Crippen molar-refractivity contribution in [2.24, 2.45) is 0 Å². The molecule has 0 aromatic carbocycles. The molecule has 6 heteroatoms. The maximum absolute atomic E-state index is 4.47. The molecule has 1 aliphatic heterocycles. The highest BCUT2D eigenvalue weighted by molar-refractivity contribution is 5.54. The summed E-state index contributed by atoms with van der Waals surface area (Å²) in [4.78, 5) is 6.86. The first-order chi connectivity index (χ1) is 10.3. The van der Waals surface area contributed by atoms with Crippen LogP contribution in [0.25, 0.3) is 0 Å². The van der Waals surface area contributed by atoms with Gasteiger partial charge in [-0.1, -0.05) is 0 Å². The zero-order valence-electron chi connectivity index (χ0n) is 12.3. The number of hydrogen-bond acceptors (Lipinski definition) is 5. The fourth-order valence-corrected chi connectivity index (χ4v) is 2.82. The van der Waals surface area contributed by atoms with Crippen LogP contribution in [-0.2, 0) is 19.6 Å². The summed E-state index contributed by atoms with van der Waals surface area (Å²) in [5, 5.41) is 11.8. The standard InChI is InChI=1S/C15H20N6/c1-11-6-14(12(7-16-11)8-17-13-2-3-13)20-4-5-21-10-18-19-15(21)9-20/h6-7,10,13,17H,2-5,8-9H2,1H3. The van der Waals surface area contributed by atoms with Crippen LogP contribution in [0.5, 0.6) is 0 Å². The molecule has 6 nitrogen and oxygen atoms in total. The Morgan fingerprint density at radius 3 is 3.10 bits per heavy atom. The Balaban J connectivity index is 1.59. The minimum atomic E-state index is 0.712. The summed E-state index contributed by atoms with van der Waals surface area (Å²) in [7, 11) is 0. The lowest BCUT2D eigenvalue weighted by Gasteiger charge is -2.30. The van der Waals surface area contributed by atoms with Gasteiger partial charge in [-0.2, -0.15) is 0 Å². The quantitative estimate of drug-likeness (QED) is 0.916. The summed E-state index contributed by atoms with van der Waals surface area (Å²) in [6, 6.07) is 2.90. The SMILES string of the molecule is Cc1cc(N2CCn3cnnc3C2)c(CNC2CC2)cn1. The van der Waals surface area contributed by atoms with Gasteiger partial charge >= 0.3 is 0 Å². The first kappa shape index (κ1) is 12.8. The van der Waals surface area contributed by atoms with E-state index < -0.39 is 0 Å². The van der Waals surface area contributed by atoms with E-state index in [1.807, 2.05) is 19.4 Å². The van der Waals surface area contributed by atoms with Crippen molar-refractivity contribution in [1.29, 1.82) is 0 Å². The molecule has 0 saturated heterocycles. The van der Waals surface area contributed by atoms with Gasteiger partial charge in [0.1, 0.15) is 6.33 Å². The molecule has 1 saturated carbocycles. The van der Waals surface area contributed by atoms with E-state index >= 15 is 0 Å². The van der Waals surface area contributed by atoms with Gasteiger partial charge in [-0.15, -0.1) is 10.2 Å². The lowest BCUT2D eigenvalue weighted by molar-refractivity contribution is 0.556. The van der Waals surface area contributed by atoms with Crippen LogP contribution in [0.1, 0.15) is 29.9 Å². The third-order valence-corrected chi connectivity index (χ3v) is 4.24. The predicted octanol–water partition coefficient (Wildman–Crippen LogP) is 1.25. The lowest BCUT2D eigenvalue weighted by Crippen LogP contribution is -2.34. The van der Waals surface area contributed by atoms with Crippen molar-refractivity contribution in [1.82, 2.24) is 25.1 Å². The molecule has 1 N–H and O–H groups in total. The number of hydrogen-bond donors (Lipinski definition) is 1. The highest BCUT2D eigenvalue weighted by Crippen LogP contribution is 2.26. The molecule has 1 aliphatic carbocycles. The topological polar surface area (TPSA) is 58.9 Å². The van der Waals surface area contributed by atoms with Crippen LogP contribution in [0.15, 0.2) is 18.6 Å². The van der Waals surface area contributed by atoms with Crippen molar-refractivity contribution < 1.29 is 0 Å². The van der Waals surface area contributed by atoms with Gasteiger partial charge in [-0.05, 0) is 25.8 Å². The van der Waals surface area contributed by atoms with Gasteiger partial charge in [0.05, 0.1) is 6.54 Å². The molecule has 4 rings (SSSR count). The molecule has 2 aliphatic rings. The van der Waals surface area contributed by atoms with Crippen LogP contribution in [0.2, 0.25) is 0 Å². The van der Waals surface area contributed by atoms with E-state index in [1.54, 1.807) is 0 Å². The van der Waals surface area contributed by atoms with Crippen molar-refractivity contribution in [3.8, 4) is 0 Å². The van der Waals surface area contributed by atoms with E-state index in [2.05, 4.69) is 36.0 Å². The monoisotopic (exact) mass is 284 g/mol. The van der Waals surface area contributed by atoms with Gasteiger partial charge < -0.3 is 14.8 Å². The van der Waals surface area contributed by atoms with Crippen LogP contribution < -0.4 is 10.2 Å². The Kier molecular flexibility index (Phi) is 3.11. The largest absolute Gasteiger partial charge is 0.362 e. The number of fused-ring (bicyclic) bond motifs is 1. The van der Waals surface area contributed by atoms with E-state index in [0.29, 0.717) is 6.04 Å². The summed E-state index contributed by atoms with van der Waals surface area (Å²) >= 11 is 0. The molecule has 0 bridgehead atoms. The second-order valence-corrected chi connectivity index (χ2v) is 5.97. The Bertz CT molecular complexity index is 645. The molecule has 0 atom stereocenters. The summed E-state index contributed by atoms with van der Waals surface area (Å²) in [6.45, 7) is 5.70. The second kappa shape index (κ2) is 5.11. The zero-order valence-corrected chi connectivity index (χ0v) is 12.3. The maximum Gasteiger partial charge on any atom is 0.152 e. The van der Waals surface area contributed by atoms with E-state index in [9.17, 15) is 0 Å². The van der Waals surface area contributed by atoms with Crippen LogP contribution in [0.3, 0.4) is 0 Å². The van der Waals surface area contributed by atoms with Gasteiger partial charge in [0, 0.05) is 48.8 Å². The molecule has 0 unspecified atom stereocenters. The van der Waals surface area contributed by atoms with Crippen molar-refractivity contribution in [3.05, 3.63) is 35.7 Å². The average Bonchev–Trinajstić information content (AvgIpc) is 3.21. The molecule has 3 heterocycles. The number of pyridine rings is 1. The molecule has 110 valence electrons. The number of rotatable bonds is 4. The van der Waals surface area contributed by atoms with Crippen LogP contribution in [-0.4, -0.2) is 32.3 Å². The molecule has 2 aromatic rings. The molecule has 0 radical (unpaired) electrons. The number of nitrogens with one attached hydrogen (secondary N) is 1. The Hall–Kier alpha value is -1.95. The minimum Gasteiger partial charge on any atom is -0.362 e. The van der Waals surface area contributed by atoms with Crippen LogP contribution in [0, 0.1) is 6.92 Å². The van der Waals surface area contributed by atoms with Gasteiger partial charge in [0.25, 0.3) is 0 Å². The third kappa shape index (κ3) is 2.63. The molecule has 0 amide bonds. The highest BCUT2D eigenvalue weighted by Gasteiger charge is 2.23. The number of aromatic nitrogens is 4. The van der Waals surface area contributed by atoms with E-state index in [1.165, 1.54) is 24.1 Å².